The molecular formula is C15H21NO. The summed E-state index contributed by atoms with van der Waals surface area (Å²) in [5, 5.41) is 1.27. The van der Waals surface area contributed by atoms with Crippen molar-refractivity contribution in [3.05, 3.63) is 30.0 Å². The van der Waals surface area contributed by atoms with Crippen LogP contribution in [0.5, 0.6) is 5.75 Å². The monoisotopic (exact) mass is 231 g/mol. The second-order valence-electron chi connectivity index (χ2n) is 5.71. The molecule has 0 bridgehead atoms. The molecule has 0 aliphatic heterocycles. The fourth-order valence-corrected chi connectivity index (χ4v) is 2.14. The van der Waals surface area contributed by atoms with Gasteiger partial charge in [0.1, 0.15) is 5.75 Å². The highest BCUT2D eigenvalue weighted by atomic mass is 16.5. The third-order valence-corrected chi connectivity index (χ3v) is 3.69. The Bertz CT molecular complexity index is 519. The van der Waals surface area contributed by atoms with Gasteiger partial charge in [-0.1, -0.05) is 39.8 Å². The molecule has 0 aliphatic rings. The van der Waals surface area contributed by atoms with Crippen LogP contribution in [0.3, 0.4) is 0 Å². The van der Waals surface area contributed by atoms with Crippen LogP contribution < -0.4 is 4.74 Å². The topological polar surface area (TPSA) is 25.0 Å². The first-order chi connectivity index (χ1) is 7.95. The minimum atomic E-state index is 0.262. The first-order valence-corrected chi connectivity index (χ1v) is 6.09. The predicted molar refractivity (Wildman–Crippen MR) is 72.7 cm³/mol. The largest absolute Gasteiger partial charge is 0.495 e. The van der Waals surface area contributed by atoms with Crippen molar-refractivity contribution in [1.29, 1.82) is 0 Å². The molecule has 92 valence electrons. The van der Waals surface area contributed by atoms with Crippen molar-refractivity contribution in [2.45, 2.75) is 33.6 Å². The van der Waals surface area contributed by atoms with Crippen LogP contribution in [0.25, 0.3) is 10.9 Å². The molecule has 2 aromatic rings. The van der Waals surface area contributed by atoms with Crippen molar-refractivity contribution in [1.82, 2.24) is 4.98 Å². The number of para-hydroxylation sites is 1. The number of hydrogen-bond acceptors (Lipinski definition) is 1. The summed E-state index contributed by atoms with van der Waals surface area (Å²) >= 11 is 0. The first kappa shape index (κ1) is 12.0. The summed E-state index contributed by atoms with van der Waals surface area (Å²) in [5.74, 6) is 1.42. The van der Waals surface area contributed by atoms with Gasteiger partial charge in [-0.15, -0.1) is 0 Å². The van der Waals surface area contributed by atoms with Crippen molar-refractivity contribution in [2.24, 2.45) is 5.41 Å². The third-order valence-electron chi connectivity index (χ3n) is 3.69. The molecule has 17 heavy (non-hydrogen) atoms. The van der Waals surface area contributed by atoms with Crippen molar-refractivity contribution in [2.75, 3.05) is 7.11 Å². The van der Waals surface area contributed by atoms with Crippen LogP contribution in [0.15, 0.2) is 24.4 Å². The summed E-state index contributed by atoms with van der Waals surface area (Å²) in [6.07, 6.45) is 2.11. The lowest BCUT2D eigenvalue weighted by Gasteiger charge is -2.27. The van der Waals surface area contributed by atoms with Crippen LogP contribution in [-0.4, -0.2) is 12.1 Å². The maximum atomic E-state index is 5.37. The molecule has 2 nitrogen and oxygen atoms in total. The lowest BCUT2D eigenvalue weighted by atomic mass is 9.78. The van der Waals surface area contributed by atoms with Gasteiger partial charge in [0.05, 0.1) is 12.6 Å². The van der Waals surface area contributed by atoms with Crippen LogP contribution >= 0.6 is 0 Å². The molecule has 1 N–H and O–H groups in total. The van der Waals surface area contributed by atoms with Gasteiger partial charge < -0.3 is 9.72 Å². The first-order valence-electron chi connectivity index (χ1n) is 6.09. The van der Waals surface area contributed by atoms with Gasteiger partial charge in [-0.3, -0.25) is 0 Å². The third kappa shape index (κ3) is 2.04. The van der Waals surface area contributed by atoms with Crippen LogP contribution in [-0.2, 0) is 0 Å². The van der Waals surface area contributed by atoms with Crippen LogP contribution in [0.4, 0.5) is 0 Å². The number of nitrogens with one attached hydrogen (secondary N) is 1. The van der Waals surface area contributed by atoms with E-state index in [4.69, 9.17) is 4.74 Å². The molecule has 0 saturated carbocycles. The average molecular weight is 231 g/mol. The van der Waals surface area contributed by atoms with Crippen LogP contribution in [0, 0.1) is 5.41 Å². The molecule has 1 aromatic heterocycles. The molecule has 1 aromatic carbocycles. The molecule has 0 saturated heterocycles. The fourth-order valence-electron chi connectivity index (χ4n) is 2.14. The van der Waals surface area contributed by atoms with E-state index in [0.29, 0.717) is 5.92 Å². The van der Waals surface area contributed by atoms with Crippen LogP contribution in [0.1, 0.15) is 39.2 Å². The molecule has 0 spiro atoms. The van der Waals surface area contributed by atoms with E-state index in [1.54, 1.807) is 7.11 Å². The number of aromatic amines is 1. The number of H-pyrrole nitrogens is 1. The molecule has 2 rings (SSSR count). The van der Waals surface area contributed by atoms with E-state index in [1.807, 2.05) is 12.1 Å². The maximum Gasteiger partial charge on any atom is 0.142 e. The summed E-state index contributed by atoms with van der Waals surface area (Å²) in [6.45, 7) is 9.10. The number of aromatic nitrogens is 1. The van der Waals surface area contributed by atoms with Gasteiger partial charge in [-0.05, 0) is 23.0 Å². The number of methoxy groups -OCH3 is 1. The molecule has 0 radical (unpaired) electrons. The Morgan fingerprint density at radius 1 is 1.24 bits per heavy atom. The Labute approximate surface area is 103 Å². The van der Waals surface area contributed by atoms with Gasteiger partial charge in [0.25, 0.3) is 0 Å². The Morgan fingerprint density at radius 3 is 2.53 bits per heavy atom. The summed E-state index contributed by atoms with van der Waals surface area (Å²) in [7, 11) is 1.71. The molecular weight excluding hydrogens is 210 g/mol. The Kier molecular flexibility index (Phi) is 2.90. The smallest absolute Gasteiger partial charge is 0.142 e. The van der Waals surface area contributed by atoms with E-state index >= 15 is 0 Å². The Balaban J connectivity index is 2.58. The summed E-state index contributed by atoms with van der Waals surface area (Å²) < 4.78 is 5.37. The highest BCUT2D eigenvalue weighted by Crippen LogP contribution is 2.39. The van der Waals surface area contributed by atoms with Gasteiger partial charge in [0.2, 0.25) is 0 Å². The molecule has 0 amide bonds. The average Bonchev–Trinajstić information content (AvgIpc) is 2.69. The van der Waals surface area contributed by atoms with E-state index in [0.717, 1.165) is 11.3 Å². The number of hydrogen-bond donors (Lipinski definition) is 1. The lowest BCUT2D eigenvalue weighted by molar-refractivity contribution is 0.341. The van der Waals surface area contributed by atoms with Gasteiger partial charge in [-0.2, -0.15) is 0 Å². The number of ether oxygens (including phenoxy) is 1. The number of rotatable bonds is 2. The molecule has 1 atom stereocenters. The summed E-state index contributed by atoms with van der Waals surface area (Å²) in [4.78, 5) is 3.34. The Morgan fingerprint density at radius 2 is 1.94 bits per heavy atom. The standard InChI is InChI=1S/C15H21NO/c1-10(15(2,3)4)12-9-16-14-11(12)7-6-8-13(14)17-5/h6-10,16H,1-5H3. The molecule has 0 aliphatic carbocycles. The van der Waals surface area contributed by atoms with Crippen molar-refractivity contribution < 1.29 is 4.74 Å². The van der Waals surface area contributed by atoms with E-state index in [2.05, 4.69) is 44.9 Å². The maximum absolute atomic E-state index is 5.37. The highest BCUT2D eigenvalue weighted by molar-refractivity contribution is 5.88. The fraction of sp³-hybridized carbons (Fsp3) is 0.467. The minimum Gasteiger partial charge on any atom is -0.495 e. The van der Waals surface area contributed by atoms with Crippen molar-refractivity contribution >= 4 is 10.9 Å². The number of benzene rings is 1. The van der Waals surface area contributed by atoms with Gasteiger partial charge in [0.15, 0.2) is 0 Å². The van der Waals surface area contributed by atoms with E-state index in [9.17, 15) is 0 Å². The summed E-state index contributed by atoms with van der Waals surface area (Å²) in [6, 6.07) is 6.20. The zero-order chi connectivity index (χ0) is 12.6. The van der Waals surface area contributed by atoms with E-state index in [1.165, 1.54) is 10.9 Å². The van der Waals surface area contributed by atoms with Gasteiger partial charge in [0, 0.05) is 11.6 Å². The van der Waals surface area contributed by atoms with E-state index < -0.39 is 0 Å². The van der Waals surface area contributed by atoms with Gasteiger partial charge in [-0.25, -0.2) is 0 Å². The highest BCUT2D eigenvalue weighted by Gasteiger charge is 2.24. The second-order valence-corrected chi connectivity index (χ2v) is 5.71. The molecule has 1 unspecified atom stereocenters. The normalized spacial score (nSPS) is 13.9. The Hall–Kier alpha value is -1.44. The lowest BCUT2D eigenvalue weighted by Crippen LogP contribution is -2.14. The predicted octanol–water partition coefficient (Wildman–Crippen LogP) is 4.33. The minimum absolute atomic E-state index is 0.262. The molecule has 1 heterocycles. The second kappa shape index (κ2) is 4.10. The van der Waals surface area contributed by atoms with E-state index in [-0.39, 0.29) is 5.41 Å². The van der Waals surface area contributed by atoms with Gasteiger partial charge >= 0.3 is 0 Å². The zero-order valence-electron chi connectivity index (χ0n) is 11.3. The zero-order valence-corrected chi connectivity index (χ0v) is 11.3. The van der Waals surface area contributed by atoms with Crippen LogP contribution in [0.2, 0.25) is 0 Å². The van der Waals surface area contributed by atoms with Crippen molar-refractivity contribution in [3.63, 3.8) is 0 Å². The quantitative estimate of drug-likeness (QED) is 0.817. The summed E-state index contributed by atoms with van der Waals surface area (Å²) in [5.41, 5.74) is 2.73. The van der Waals surface area contributed by atoms with Crippen molar-refractivity contribution in [3.8, 4) is 5.75 Å². The molecule has 0 fully saturated rings. The molecule has 2 heteroatoms. The SMILES string of the molecule is COc1cccc2c(C(C)C(C)(C)C)c[nH]c12. The number of fused-ring (bicyclic) bond motifs is 1.